The summed E-state index contributed by atoms with van der Waals surface area (Å²) in [7, 11) is 3.73. The van der Waals surface area contributed by atoms with Crippen LogP contribution in [0.1, 0.15) is 131 Å². The van der Waals surface area contributed by atoms with E-state index in [0.717, 1.165) is 36.9 Å². The van der Waals surface area contributed by atoms with Gasteiger partial charge in [-0.3, -0.25) is 43.4 Å². The maximum Gasteiger partial charge on any atom is 0.303 e. The maximum atomic E-state index is 14.4. The highest BCUT2D eigenvalue weighted by Gasteiger charge is 2.39. The number of piperidine rings is 1. The minimum absolute atomic E-state index is 0.0522. The second-order valence-electron chi connectivity index (χ2n) is 19.7. The average molecular weight is 1050 g/mol. The molecule has 0 aliphatic carbocycles. The van der Waals surface area contributed by atoms with Crippen molar-refractivity contribution in [3.8, 4) is 0 Å². The molecule has 5 rings (SSSR count). The summed E-state index contributed by atoms with van der Waals surface area (Å²) in [5.74, 6) is -2.55. The van der Waals surface area contributed by atoms with Crippen LogP contribution >= 0.6 is 23.1 Å². The number of carbonyl (C=O) groups is 7. The largest absolute Gasteiger partial charge is 0.455 e. The Morgan fingerprint density at radius 1 is 0.849 bits per heavy atom. The van der Waals surface area contributed by atoms with Gasteiger partial charge in [0.05, 0.1) is 63.5 Å². The van der Waals surface area contributed by atoms with Gasteiger partial charge in [-0.2, -0.15) is 11.8 Å². The summed E-state index contributed by atoms with van der Waals surface area (Å²) < 4.78 is 22.8. The molecule has 0 saturated carbocycles. The van der Waals surface area contributed by atoms with Crippen LogP contribution in [0, 0.1) is 17.8 Å². The van der Waals surface area contributed by atoms with Crippen LogP contribution in [0.5, 0.6) is 0 Å². The number of likely N-dealkylation sites (N-methyl/N-ethyl adjacent to an activating group) is 1. The van der Waals surface area contributed by atoms with Crippen LogP contribution in [0.2, 0.25) is 0 Å². The first-order chi connectivity index (χ1) is 35.0. The first kappa shape index (κ1) is 59.0. The SMILES string of the molecule is CSC1CC(=O)N(CCOCCOCCOCCC(=O)CC(c2ccccc2)C(NC(=O)c2csc([C@@H](C[C@H](C(C)C)N(C)C(=O)[C@@H](CC(=O)[C@H]3CCCCN3C)C(C)C)OC(C)=O)n2)c2ccccc2)C1=O. The fourth-order valence-electron chi connectivity index (χ4n) is 9.63. The van der Waals surface area contributed by atoms with Crippen LogP contribution in [0.25, 0.3) is 0 Å². The van der Waals surface area contributed by atoms with E-state index in [1.165, 1.54) is 34.9 Å². The number of amides is 4. The van der Waals surface area contributed by atoms with E-state index in [-0.39, 0.29) is 117 Å². The molecule has 2 aliphatic heterocycles. The van der Waals surface area contributed by atoms with Crippen molar-refractivity contribution in [2.75, 3.05) is 73.1 Å². The predicted molar refractivity (Wildman–Crippen MR) is 282 cm³/mol. The van der Waals surface area contributed by atoms with Crippen molar-refractivity contribution in [2.24, 2.45) is 17.8 Å². The zero-order valence-electron chi connectivity index (χ0n) is 44.0. The van der Waals surface area contributed by atoms with Gasteiger partial charge < -0.3 is 29.2 Å². The molecule has 1 aromatic heterocycles. The number of hydrogen-bond acceptors (Lipinski definition) is 15. The Balaban J connectivity index is 1.20. The molecule has 18 heteroatoms. The van der Waals surface area contributed by atoms with Gasteiger partial charge in [0.15, 0.2) is 11.9 Å². The molecule has 0 bridgehead atoms. The highest BCUT2D eigenvalue weighted by Crippen LogP contribution is 2.36. The van der Waals surface area contributed by atoms with Crippen LogP contribution in [0.4, 0.5) is 0 Å². The normalized spacial score (nSPS) is 18.4. The van der Waals surface area contributed by atoms with Gasteiger partial charge in [-0.05, 0) is 55.7 Å². The Hall–Kier alpha value is -4.85. The molecule has 0 spiro atoms. The Morgan fingerprint density at radius 3 is 2.07 bits per heavy atom. The van der Waals surface area contributed by atoms with Crippen molar-refractivity contribution < 1.29 is 52.5 Å². The van der Waals surface area contributed by atoms with E-state index in [0.29, 0.717) is 24.8 Å². The lowest BCUT2D eigenvalue weighted by molar-refractivity contribution is -0.149. The maximum absolute atomic E-state index is 14.4. The molecule has 7 atom stereocenters. The summed E-state index contributed by atoms with van der Waals surface area (Å²) in [6, 6.07) is 17.8. The monoisotopic (exact) mass is 1050 g/mol. The molecule has 1 N–H and O–H groups in total. The number of thioether (sulfide) groups is 1. The molecule has 3 unspecified atom stereocenters. The van der Waals surface area contributed by atoms with Gasteiger partial charge in [0.1, 0.15) is 16.5 Å². The number of rotatable bonds is 31. The molecular formula is C55H77N5O11S2. The highest BCUT2D eigenvalue weighted by atomic mass is 32.2. The van der Waals surface area contributed by atoms with Crippen LogP contribution in [-0.2, 0) is 47.7 Å². The number of Topliss-reactive ketones (excluding diaryl/α,β-unsaturated/α-hetero) is 2. The minimum atomic E-state index is -0.866. The van der Waals surface area contributed by atoms with Crippen LogP contribution in [0.15, 0.2) is 66.0 Å². The molecule has 400 valence electrons. The smallest absolute Gasteiger partial charge is 0.303 e. The standard InChI is InChI=1S/C55H77N5O11S2/c1-36(2)42(32-47(63)45-21-15-16-23-58(45)6)54(66)59(7)46(37(3)4)33-48(71-38(5)61)53-56-44(35-73-53)52(65)57-51(40-19-13-10-14-20-40)43(39-17-11-9-12-18-39)31-41(62)22-25-68-27-29-70-30-28-69-26-24-60-50(64)34-49(72-8)55(60)67/h9-14,17-20,35-37,42-43,45-46,48-49,51H,15-16,21-34H2,1-8H3,(H,57,65)/t42-,43?,45+,46+,48+,49?,51?/m0/s1. The molecule has 73 heavy (non-hydrogen) atoms. The van der Waals surface area contributed by atoms with Gasteiger partial charge in [-0.15, -0.1) is 11.3 Å². The number of likely N-dealkylation sites (tertiary alicyclic amines) is 2. The number of esters is 1. The summed E-state index contributed by atoms with van der Waals surface area (Å²) >= 11 is 2.57. The Morgan fingerprint density at radius 2 is 1.48 bits per heavy atom. The summed E-state index contributed by atoms with van der Waals surface area (Å²) in [4.78, 5) is 103. The zero-order valence-corrected chi connectivity index (χ0v) is 45.6. The lowest BCUT2D eigenvalue weighted by Gasteiger charge is -2.37. The van der Waals surface area contributed by atoms with E-state index in [2.05, 4.69) is 10.2 Å². The first-order valence-electron chi connectivity index (χ1n) is 25.6. The van der Waals surface area contributed by atoms with Crippen molar-refractivity contribution in [3.05, 3.63) is 87.9 Å². The summed E-state index contributed by atoms with van der Waals surface area (Å²) in [6.45, 7) is 11.9. The number of carbonyl (C=O) groups excluding carboxylic acids is 7. The molecule has 2 aliphatic rings. The van der Waals surface area contributed by atoms with Crippen LogP contribution < -0.4 is 5.32 Å². The molecule has 2 fully saturated rings. The number of imide groups is 1. The number of nitrogens with one attached hydrogen (secondary N) is 1. The summed E-state index contributed by atoms with van der Waals surface area (Å²) in [6.07, 6.45) is 4.65. The first-order valence-corrected chi connectivity index (χ1v) is 27.8. The molecular weight excluding hydrogens is 971 g/mol. The van der Waals surface area contributed by atoms with Crippen LogP contribution in [-0.4, -0.2) is 151 Å². The van der Waals surface area contributed by atoms with E-state index in [4.69, 9.17) is 23.9 Å². The highest BCUT2D eigenvalue weighted by molar-refractivity contribution is 8.00. The number of ether oxygens (including phenoxy) is 4. The Labute approximate surface area is 440 Å². The Kier molecular flexibility index (Phi) is 24.2. The number of ketones is 2. The van der Waals surface area contributed by atoms with E-state index in [1.54, 1.807) is 17.3 Å². The van der Waals surface area contributed by atoms with Crippen molar-refractivity contribution in [2.45, 2.75) is 121 Å². The third kappa shape index (κ3) is 17.6. The number of thiazole rings is 1. The van der Waals surface area contributed by atoms with Gasteiger partial charge in [-0.25, -0.2) is 4.98 Å². The number of hydrogen-bond donors (Lipinski definition) is 1. The lowest BCUT2D eigenvalue weighted by atomic mass is 9.83. The molecule has 3 heterocycles. The van der Waals surface area contributed by atoms with E-state index in [9.17, 15) is 33.6 Å². The van der Waals surface area contributed by atoms with E-state index < -0.39 is 41.9 Å². The van der Waals surface area contributed by atoms with Gasteiger partial charge in [0.2, 0.25) is 17.7 Å². The van der Waals surface area contributed by atoms with Gasteiger partial charge in [0.25, 0.3) is 5.91 Å². The van der Waals surface area contributed by atoms with Crippen LogP contribution in [0.3, 0.4) is 0 Å². The average Bonchev–Trinajstić information content (AvgIpc) is 3.98. The molecule has 2 aromatic carbocycles. The second-order valence-corrected chi connectivity index (χ2v) is 21.6. The van der Waals surface area contributed by atoms with E-state index >= 15 is 0 Å². The van der Waals surface area contributed by atoms with Crippen molar-refractivity contribution in [1.82, 2.24) is 25.0 Å². The fraction of sp³-hybridized carbons (Fsp3) is 0.600. The number of nitrogens with zero attached hydrogens (tertiary/aromatic N) is 4. The van der Waals surface area contributed by atoms with Crippen molar-refractivity contribution in [3.63, 3.8) is 0 Å². The molecule has 0 radical (unpaired) electrons. The van der Waals surface area contributed by atoms with Gasteiger partial charge in [-0.1, -0.05) is 94.8 Å². The third-order valence-electron chi connectivity index (χ3n) is 13.8. The quantitative estimate of drug-likeness (QED) is 0.0379. The van der Waals surface area contributed by atoms with Gasteiger partial charge >= 0.3 is 5.97 Å². The second kappa shape index (κ2) is 29.9. The predicted octanol–water partition coefficient (Wildman–Crippen LogP) is 7.48. The number of benzene rings is 2. The van der Waals surface area contributed by atoms with Crippen molar-refractivity contribution >= 4 is 64.3 Å². The minimum Gasteiger partial charge on any atom is -0.455 e. The zero-order chi connectivity index (χ0) is 53.0. The Bertz CT molecular complexity index is 2260. The van der Waals surface area contributed by atoms with Gasteiger partial charge in [0, 0.05) is 69.3 Å². The summed E-state index contributed by atoms with van der Waals surface area (Å²) in [5, 5.41) is 4.92. The summed E-state index contributed by atoms with van der Waals surface area (Å²) in [5.41, 5.74) is 1.78. The molecule has 3 aromatic rings. The fourth-order valence-corrected chi connectivity index (χ4v) is 11.1. The molecule has 2 saturated heterocycles. The van der Waals surface area contributed by atoms with Crippen molar-refractivity contribution in [1.29, 1.82) is 0 Å². The number of aromatic nitrogens is 1. The third-order valence-corrected chi connectivity index (χ3v) is 15.7. The topological polar surface area (TPSA) is 191 Å². The van der Waals surface area contributed by atoms with E-state index in [1.807, 2.05) is 102 Å². The molecule has 4 amide bonds. The lowest BCUT2D eigenvalue weighted by Crippen LogP contribution is -2.48. The molecule has 16 nitrogen and oxygen atoms in total.